The van der Waals surface area contributed by atoms with Crippen molar-refractivity contribution < 1.29 is 9.90 Å². The third kappa shape index (κ3) is 5.31. The molecule has 3 nitrogen and oxygen atoms in total. The van der Waals surface area contributed by atoms with Gasteiger partial charge in [-0.15, -0.1) is 0 Å². The monoisotopic (exact) mass is 143 g/mol. The van der Waals surface area contributed by atoms with Crippen molar-refractivity contribution in [2.45, 2.75) is 6.92 Å². The highest BCUT2D eigenvalue weighted by atomic mass is 16.4. The van der Waals surface area contributed by atoms with Crippen LogP contribution in [0.4, 0.5) is 0 Å². The molecule has 0 aliphatic carbocycles. The van der Waals surface area contributed by atoms with Crippen LogP contribution in [-0.4, -0.2) is 36.6 Å². The maximum Gasteiger partial charge on any atom is 0.328 e. The first kappa shape index (κ1) is 9.17. The summed E-state index contributed by atoms with van der Waals surface area (Å²) in [7, 11) is 3.80. The largest absolute Gasteiger partial charge is 0.478 e. The summed E-state index contributed by atoms with van der Waals surface area (Å²) in [5.74, 6) is -0.876. The summed E-state index contributed by atoms with van der Waals surface area (Å²) in [6, 6.07) is 0. The molecule has 0 amide bonds. The van der Waals surface area contributed by atoms with Crippen LogP contribution in [0.15, 0.2) is 11.6 Å². The van der Waals surface area contributed by atoms with Crippen molar-refractivity contribution in [3.63, 3.8) is 0 Å². The fourth-order valence-corrected chi connectivity index (χ4v) is 0.755. The third-order valence-corrected chi connectivity index (χ3v) is 0.936. The smallest absolute Gasteiger partial charge is 0.328 e. The zero-order valence-corrected chi connectivity index (χ0v) is 6.59. The molecular formula is C7H13NO2. The van der Waals surface area contributed by atoms with Crippen LogP contribution in [-0.2, 0) is 4.79 Å². The third-order valence-electron chi connectivity index (χ3n) is 0.936. The van der Waals surface area contributed by atoms with Gasteiger partial charge in [0.05, 0.1) is 0 Å². The quantitative estimate of drug-likeness (QED) is 0.587. The molecule has 1 N–H and O–H groups in total. The standard InChI is InChI=1S/C7H13NO2/c1-6(4-7(9)10)5-8(2)3/h4H,5H2,1-3H3,(H,9,10). The molecule has 0 heterocycles. The second-order valence-corrected chi connectivity index (χ2v) is 2.57. The van der Waals surface area contributed by atoms with E-state index in [1.165, 1.54) is 6.08 Å². The minimum absolute atomic E-state index is 0.701. The summed E-state index contributed by atoms with van der Waals surface area (Å²) in [6.07, 6.45) is 1.22. The second-order valence-electron chi connectivity index (χ2n) is 2.57. The molecule has 0 rings (SSSR count). The van der Waals surface area contributed by atoms with Crippen LogP contribution in [0.2, 0.25) is 0 Å². The summed E-state index contributed by atoms with van der Waals surface area (Å²) >= 11 is 0. The van der Waals surface area contributed by atoms with Crippen molar-refractivity contribution in [2.24, 2.45) is 0 Å². The van der Waals surface area contributed by atoms with Gasteiger partial charge in [0.2, 0.25) is 0 Å². The maximum absolute atomic E-state index is 10.1. The first-order valence-electron chi connectivity index (χ1n) is 3.07. The van der Waals surface area contributed by atoms with E-state index in [1.807, 2.05) is 19.0 Å². The number of aliphatic carboxylic acids is 1. The van der Waals surface area contributed by atoms with Crippen molar-refractivity contribution >= 4 is 5.97 Å². The fraction of sp³-hybridized carbons (Fsp3) is 0.571. The van der Waals surface area contributed by atoms with E-state index in [4.69, 9.17) is 5.11 Å². The number of rotatable bonds is 3. The van der Waals surface area contributed by atoms with E-state index in [9.17, 15) is 4.79 Å². The van der Waals surface area contributed by atoms with Gasteiger partial charge in [-0.1, -0.05) is 5.57 Å². The number of likely N-dealkylation sites (N-methyl/N-ethyl adjacent to an activating group) is 1. The van der Waals surface area contributed by atoms with Gasteiger partial charge < -0.3 is 10.0 Å². The second kappa shape index (κ2) is 4.06. The Balaban J connectivity index is 3.83. The van der Waals surface area contributed by atoms with E-state index in [1.54, 1.807) is 6.92 Å². The summed E-state index contributed by atoms with van der Waals surface area (Å²) in [6.45, 7) is 2.50. The molecule has 58 valence electrons. The lowest BCUT2D eigenvalue weighted by molar-refractivity contribution is -0.131. The van der Waals surface area contributed by atoms with Crippen LogP contribution in [0.1, 0.15) is 6.92 Å². The van der Waals surface area contributed by atoms with Gasteiger partial charge in [-0.2, -0.15) is 0 Å². The van der Waals surface area contributed by atoms with E-state index in [0.717, 1.165) is 5.57 Å². The number of nitrogens with zero attached hydrogens (tertiary/aromatic N) is 1. The van der Waals surface area contributed by atoms with E-state index in [2.05, 4.69) is 0 Å². The number of carbonyl (C=O) groups is 1. The Morgan fingerprint density at radius 2 is 2.10 bits per heavy atom. The van der Waals surface area contributed by atoms with Gasteiger partial charge in [-0.3, -0.25) is 0 Å². The predicted molar refractivity (Wildman–Crippen MR) is 39.9 cm³/mol. The topological polar surface area (TPSA) is 40.5 Å². The zero-order valence-electron chi connectivity index (χ0n) is 6.59. The van der Waals surface area contributed by atoms with Crippen LogP contribution in [0.25, 0.3) is 0 Å². The molecule has 10 heavy (non-hydrogen) atoms. The molecule has 0 unspecified atom stereocenters. The van der Waals surface area contributed by atoms with Crippen LogP contribution in [0, 0.1) is 0 Å². The van der Waals surface area contributed by atoms with Crippen LogP contribution in [0.5, 0.6) is 0 Å². The van der Waals surface area contributed by atoms with Crippen molar-refractivity contribution in [1.82, 2.24) is 4.90 Å². The van der Waals surface area contributed by atoms with E-state index < -0.39 is 5.97 Å². The van der Waals surface area contributed by atoms with Crippen molar-refractivity contribution in [1.29, 1.82) is 0 Å². The van der Waals surface area contributed by atoms with Gasteiger partial charge in [0.1, 0.15) is 0 Å². The van der Waals surface area contributed by atoms with Gasteiger partial charge in [-0.25, -0.2) is 4.79 Å². The molecule has 0 atom stereocenters. The molecule has 0 radical (unpaired) electrons. The number of hydrogen-bond donors (Lipinski definition) is 1. The fourth-order valence-electron chi connectivity index (χ4n) is 0.755. The lowest BCUT2D eigenvalue weighted by Crippen LogP contribution is -2.14. The van der Waals surface area contributed by atoms with Gasteiger partial charge >= 0.3 is 5.97 Å². The molecular weight excluding hydrogens is 130 g/mol. The molecule has 0 saturated carbocycles. The number of carboxylic acids is 1. The van der Waals surface area contributed by atoms with E-state index in [-0.39, 0.29) is 0 Å². The molecule has 0 aromatic heterocycles. The van der Waals surface area contributed by atoms with Gasteiger partial charge in [0.15, 0.2) is 0 Å². The van der Waals surface area contributed by atoms with Crippen LogP contribution < -0.4 is 0 Å². The Labute approximate surface area is 61.0 Å². The Hall–Kier alpha value is -0.830. The van der Waals surface area contributed by atoms with E-state index in [0.29, 0.717) is 6.54 Å². The lowest BCUT2D eigenvalue weighted by atomic mass is 10.3. The molecule has 0 aliphatic rings. The summed E-state index contributed by atoms with van der Waals surface area (Å²) in [4.78, 5) is 12.0. The highest BCUT2D eigenvalue weighted by Crippen LogP contribution is 1.92. The van der Waals surface area contributed by atoms with Crippen molar-refractivity contribution in [3.8, 4) is 0 Å². The predicted octanol–water partition coefficient (Wildman–Crippen LogP) is 0.579. The normalized spacial score (nSPS) is 12.2. The summed E-state index contributed by atoms with van der Waals surface area (Å²) in [5.41, 5.74) is 0.859. The Morgan fingerprint density at radius 1 is 1.60 bits per heavy atom. The molecule has 0 fully saturated rings. The average Bonchev–Trinajstić information content (AvgIpc) is 1.58. The number of carboxylic acid groups (broad SMARTS) is 1. The van der Waals surface area contributed by atoms with Crippen molar-refractivity contribution in [3.05, 3.63) is 11.6 Å². The summed E-state index contributed by atoms with van der Waals surface area (Å²) < 4.78 is 0. The van der Waals surface area contributed by atoms with Crippen molar-refractivity contribution in [2.75, 3.05) is 20.6 Å². The zero-order chi connectivity index (χ0) is 8.15. The molecule has 0 spiro atoms. The molecule has 0 aliphatic heterocycles. The SMILES string of the molecule is CC(=CC(=O)O)CN(C)C. The van der Waals surface area contributed by atoms with E-state index >= 15 is 0 Å². The number of hydrogen-bond acceptors (Lipinski definition) is 2. The molecule has 3 heteroatoms. The first-order chi connectivity index (χ1) is 4.52. The molecule has 0 aromatic rings. The average molecular weight is 143 g/mol. The van der Waals surface area contributed by atoms with Crippen LogP contribution >= 0.6 is 0 Å². The first-order valence-corrected chi connectivity index (χ1v) is 3.07. The highest BCUT2D eigenvalue weighted by Gasteiger charge is 1.94. The summed E-state index contributed by atoms with van der Waals surface area (Å²) in [5, 5.41) is 8.30. The Bertz CT molecular complexity index is 150. The van der Waals surface area contributed by atoms with Gasteiger partial charge in [-0.05, 0) is 21.0 Å². The van der Waals surface area contributed by atoms with Gasteiger partial charge in [0, 0.05) is 12.6 Å². The molecule has 0 bridgehead atoms. The molecule has 0 aromatic carbocycles. The maximum atomic E-state index is 10.1. The molecule has 0 saturated heterocycles. The lowest BCUT2D eigenvalue weighted by Gasteiger charge is -2.07. The minimum Gasteiger partial charge on any atom is -0.478 e. The highest BCUT2D eigenvalue weighted by molar-refractivity contribution is 5.80. The Morgan fingerprint density at radius 3 is 2.40 bits per heavy atom. The van der Waals surface area contributed by atoms with Gasteiger partial charge in [0.25, 0.3) is 0 Å². The van der Waals surface area contributed by atoms with Crippen LogP contribution in [0.3, 0.4) is 0 Å². The Kier molecular flexibility index (Phi) is 3.72. The minimum atomic E-state index is -0.876.